The zero-order valence-corrected chi connectivity index (χ0v) is 12.1. The van der Waals surface area contributed by atoms with Gasteiger partial charge in [0.25, 0.3) is 0 Å². The number of halogens is 1. The lowest BCUT2D eigenvalue weighted by Crippen LogP contribution is -1.95. The highest BCUT2D eigenvalue weighted by molar-refractivity contribution is 14.2. The maximum absolute atomic E-state index is 11.2. The normalized spacial score (nSPS) is 10.9. The highest BCUT2D eigenvalue weighted by atomic mass is 127. The summed E-state index contributed by atoms with van der Waals surface area (Å²) in [4.78, 5) is 11.2. The van der Waals surface area contributed by atoms with E-state index in [1.807, 2.05) is 12.3 Å². The summed E-state index contributed by atoms with van der Waals surface area (Å²) in [5.74, 6) is 0. The molecule has 0 unspecified atom stereocenters. The summed E-state index contributed by atoms with van der Waals surface area (Å²) in [6.07, 6.45) is 3.89. The smallest absolute Gasteiger partial charge is 0.151 e. The van der Waals surface area contributed by atoms with E-state index >= 15 is 0 Å². The lowest BCUT2D eigenvalue weighted by atomic mass is 9.99. The van der Waals surface area contributed by atoms with Crippen LogP contribution in [0.2, 0.25) is 0 Å². The molecule has 0 bridgehead atoms. The van der Waals surface area contributed by atoms with Gasteiger partial charge in [-0.25, -0.2) is 0 Å². The van der Waals surface area contributed by atoms with Gasteiger partial charge in [-0.05, 0) is 30.5 Å². The predicted octanol–water partition coefficient (Wildman–Crippen LogP) is 4.17. The first kappa shape index (κ1) is 12.0. The number of aromatic nitrogens is 1. The van der Waals surface area contributed by atoms with Gasteiger partial charge in [0.1, 0.15) is 0 Å². The van der Waals surface area contributed by atoms with Crippen molar-refractivity contribution >= 4 is 47.5 Å². The van der Waals surface area contributed by atoms with E-state index in [0.717, 1.165) is 34.7 Å². The number of nitrogens with zero attached hydrogens (tertiary/aromatic N) is 1. The topological polar surface area (TPSA) is 22.0 Å². The maximum Gasteiger partial charge on any atom is 0.151 e. The fourth-order valence-electron chi connectivity index (χ4n) is 2.09. The number of carbonyl (C=O) groups is 1. The van der Waals surface area contributed by atoms with E-state index in [-0.39, 0.29) is 0 Å². The first-order chi connectivity index (χ1) is 7.72. The quantitative estimate of drug-likeness (QED) is 0.615. The molecule has 4 heteroatoms. The molecular formula is C12H12INOS. The lowest BCUT2D eigenvalue weighted by molar-refractivity contribution is 0.112. The number of rotatable bonds is 3. The van der Waals surface area contributed by atoms with Crippen LogP contribution >= 0.6 is 30.3 Å². The summed E-state index contributed by atoms with van der Waals surface area (Å²) in [5.41, 5.74) is 4.36. The second-order valence-electron chi connectivity index (χ2n) is 3.71. The summed E-state index contributed by atoms with van der Waals surface area (Å²) < 4.78 is 2.09. The number of carbonyl (C=O) groups excluding carboxylic acids is 1. The molecule has 0 aliphatic heterocycles. The third kappa shape index (κ3) is 1.78. The molecule has 0 saturated carbocycles. The van der Waals surface area contributed by atoms with Crippen molar-refractivity contribution in [2.24, 2.45) is 0 Å². The van der Waals surface area contributed by atoms with Gasteiger partial charge in [-0.15, -0.1) is 0 Å². The van der Waals surface area contributed by atoms with E-state index in [1.54, 1.807) is 9.12 Å². The van der Waals surface area contributed by atoms with E-state index in [0.29, 0.717) is 0 Å². The zero-order chi connectivity index (χ0) is 11.7. The Labute approximate surface area is 111 Å². The van der Waals surface area contributed by atoms with Crippen LogP contribution in [0.5, 0.6) is 0 Å². The van der Waals surface area contributed by atoms with E-state index in [4.69, 9.17) is 0 Å². The summed E-state index contributed by atoms with van der Waals surface area (Å²) in [6, 6.07) is 4.15. The molecule has 16 heavy (non-hydrogen) atoms. The molecule has 2 rings (SSSR count). The van der Waals surface area contributed by atoms with Crippen molar-refractivity contribution in [1.82, 2.24) is 3.97 Å². The standard InChI is InChI=1S/C12H12INOS/c1-3-9-6-8(2)12-10(11(9)7-15)4-5-14(12)16-13/h4-7H,3H2,1-2H3. The van der Waals surface area contributed by atoms with Gasteiger partial charge in [0.15, 0.2) is 6.29 Å². The van der Waals surface area contributed by atoms with Crippen LogP contribution in [-0.4, -0.2) is 10.3 Å². The molecule has 1 aromatic carbocycles. The van der Waals surface area contributed by atoms with Crippen molar-refractivity contribution in [3.05, 3.63) is 35.0 Å². The lowest BCUT2D eigenvalue weighted by Gasteiger charge is -2.08. The molecule has 0 atom stereocenters. The Morgan fingerprint density at radius 1 is 1.56 bits per heavy atom. The van der Waals surface area contributed by atoms with E-state index in [1.165, 1.54) is 5.56 Å². The van der Waals surface area contributed by atoms with Crippen LogP contribution in [0.1, 0.15) is 28.4 Å². The highest BCUT2D eigenvalue weighted by Gasteiger charge is 2.12. The monoisotopic (exact) mass is 345 g/mol. The summed E-state index contributed by atoms with van der Waals surface area (Å²) in [7, 11) is 1.62. The number of aldehydes is 1. The van der Waals surface area contributed by atoms with Crippen molar-refractivity contribution in [3.8, 4) is 0 Å². The molecule has 0 saturated heterocycles. The molecule has 0 aliphatic rings. The molecule has 0 amide bonds. The molecule has 0 aliphatic carbocycles. The van der Waals surface area contributed by atoms with Crippen molar-refractivity contribution in [2.45, 2.75) is 20.3 Å². The SMILES string of the molecule is CCc1cc(C)c2c(ccn2SI)c1C=O. The van der Waals surface area contributed by atoms with E-state index in [2.05, 4.69) is 45.1 Å². The Balaban J connectivity index is 2.87. The second-order valence-corrected chi connectivity index (χ2v) is 5.42. The average molecular weight is 345 g/mol. The molecule has 2 aromatic rings. The molecule has 1 heterocycles. The Bertz CT molecular complexity index is 547. The van der Waals surface area contributed by atoms with Gasteiger partial charge in [0.05, 0.1) is 5.52 Å². The van der Waals surface area contributed by atoms with Gasteiger partial charge in [0.2, 0.25) is 0 Å². The molecular weight excluding hydrogens is 333 g/mol. The van der Waals surface area contributed by atoms with E-state index < -0.39 is 0 Å². The Hall–Kier alpha value is -0.490. The van der Waals surface area contributed by atoms with Crippen LogP contribution in [0.15, 0.2) is 18.3 Å². The fourth-order valence-corrected chi connectivity index (χ4v) is 3.49. The number of aryl methyl sites for hydroxylation is 2. The van der Waals surface area contributed by atoms with Gasteiger partial charge in [-0.1, -0.05) is 13.0 Å². The fraction of sp³-hybridized carbons (Fsp3) is 0.250. The summed E-state index contributed by atoms with van der Waals surface area (Å²) >= 11 is 2.25. The Morgan fingerprint density at radius 2 is 2.31 bits per heavy atom. The number of hydrogen-bond acceptors (Lipinski definition) is 2. The Kier molecular flexibility index (Phi) is 3.59. The minimum absolute atomic E-state index is 0.840. The Morgan fingerprint density at radius 3 is 2.88 bits per heavy atom. The number of fused-ring (bicyclic) bond motifs is 1. The molecule has 0 radical (unpaired) electrons. The number of hydrogen-bond donors (Lipinski definition) is 0. The second kappa shape index (κ2) is 4.79. The minimum atomic E-state index is 0.840. The summed E-state index contributed by atoms with van der Waals surface area (Å²) in [5, 5.41) is 1.07. The summed E-state index contributed by atoms with van der Waals surface area (Å²) in [6.45, 7) is 4.18. The molecule has 1 aromatic heterocycles. The molecule has 84 valence electrons. The van der Waals surface area contributed by atoms with Gasteiger partial charge in [-0.2, -0.15) is 0 Å². The molecule has 0 spiro atoms. The van der Waals surface area contributed by atoms with Gasteiger partial charge in [-0.3, -0.25) is 8.77 Å². The maximum atomic E-state index is 11.2. The van der Waals surface area contributed by atoms with Crippen molar-refractivity contribution in [3.63, 3.8) is 0 Å². The third-order valence-electron chi connectivity index (χ3n) is 2.83. The van der Waals surface area contributed by atoms with Crippen molar-refractivity contribution < 1.29 is 4.79 Å². The van der Waals surface area contributed by atoms with Crippen LogP contribution in [0.25, 0.3) is 10.9 Å². The predicted molar refractivity (Wildman–Crippen MR) is 78.4 cm³/mol. The van der Waals surface area contributed by atoms with Gasteiger partial charge >= 0.3 is 0 Å². The van der Waals surface area contributed by atoms with Crippen molar-refractivity contribution in [1.29, 1.82) is 0 Å². The first-order valence-corrected chi connectivity index (χ1v) is 8.42. The highest BCUT2D eigenvalue weighted by Crippen LogP contribution is 2.31. The van der Waals surface area contributed by atoms with Crippen molar-refractivity contribution in [2.75, 3.05) is 0 Å². The minimum Gasteiger partial charge on any atom is -0.298 e. The first-order valence-electron chi connectivity index (χ1n) is 5.10. The molecule has 0 N–H and O–H groups in total. The van der Waals surface area contributed by atoms with Gasteiger partial charge < -0.3 is 0 Å². The number of benzene rings is 1. The van der Waals surface area contributed by atoms with Crippen LogP contribution in [-0.2, 0) is 6.42 Å². The van der Waals surface area contributed by atoms with Crippen LogP contribution in [0, 0.1) is 6.92 Å². The van der Waals surface area contributed by atoms with Crippen LogP contribution < -0.4 is 0 Å². The van der Waals surface area contributed by atoms with Crippen LogP contribution in [0.3, 0.4) is 0 Å². The molecule has 2 nitrogen and oxygen atoms in total. The third-order valence-corrected chi connectivity index (χ3v) is 4.55. The zero-order valence-electron chi connectivity index (χ0n) is 9.16. The average Bonchev–Trinajstić information content (AvgIpc) is 2.73. The van der Waals surface area contributed by atoms with Crippen LogP contribution in [0.4, 0.5) is 0 Å². The largest absolute Gasteiger partial charge is 0.298 e. The van der Waals surface area contributed by atoms with E-state index in [9.17, 15) is 4.79 Å². The molecule has 0 fully saturated rings. The van der Waals surface area contributed by atoms with Gasteiger partial charge in [0, 0.05) is 47.5 Å².